The maximum absolute atomic E-state index is 11.2. The molecule has 0 saturated heterocycles. The molecule has 0 aromatic heterocycles. The lowest BCUT2D eigenvalue weighted by molar-refractivity contribution is -0.137. The third kappa shape index (κ3) is 2.03. The highest BCUT2D eigenvalue weighted by molar-refractivity contribution is 9.09. The van der Waals surface area contributed by atoms with Crippen LogP contribution in [-0.2, 0) is 4.79 Å². The van der Waals surface area contributed by atoms with E-state index >= 15 is 0 Å². The fraction of sp³-hybridized carbons (Fsp3) is 0.875. The molecule has 0 spiro atoms. The van der Waals surface area contributed by atoms with Gasteiger partial charge in [-0.3, -0.25) is 4.79 Å². The Hall–Kier alpha value is 0.110. The molecule has 64 valence electrons. The molecule has 11 heavy (non-hydrogen) atoms. The quantitative estimate of drug-likeness (QED) is 0.720. The van der Waals surface area contributed by atoms with Gasteiger partial charge in [0.2, 0.25) is 0 Å². The summed E-state index contributed by atoms with van der Waals surface area (Å²) in [5.74, 6) is -0.0581. The van der Waals surface area contributed by atoms with Crippen molar-refractivity contribution < 1.29 is 9.90 Å². The van der Waals surface area contributed by atoms with Crippen molar-refractivity contribution in [3.63, 3.8) is 0 Å². The van der Waals surface area contributed by atoms with Crippen molar-refractivity contribution in [2.24, 2.45) is 0 Å². The molecule has 1 fully saturated rings. The van der Waals surface area contributed by atoms with Crippen molar-refractivity contribution in [2.45, 2.75) is 37.7 Å². The Labute approximate surface area is 75.1 Å². The van der Waals surface area contributed by atoms with Crippen LogP contribution in [-0.4, -0.2) is 21.8 Å². The summed E-state index contributed by atoms with van der Waals surface area (Å²) in [4.78, 5) is 11.2. The monoisotopic (exact) mass is 220 g/mol. The first-order valence-corrected chi connectivity index (χ1v) is 5.13. The average molecular weight is 221 g/mol. The molecular weight excluding hydrogens is 208 g/mol. The van der Waals surface area contributed by atoms with E-state index in [-0.39, 0.29) is 11.1 Å². The smallest absolute Gasteiger partial charge is 0.174 e. The van der Waals surface area contributed by atoms with Gasteiger partial charge < -0.3 is 5.11 Å². The van der Waals surface area contributed by atoms with E-state index in [9.17, 15) is 9.90 Å². The van der Waals surface area contributed by atoms with E-state index in [4.69, 9.17) is 0 Å². The van der Waals surface area contributed by atoms with Crippen molar-refractivity contribution in [1.29, 1.82) is 0 Å². The molecule has 1 N–H and O–H groups in total. The van der Waals surface area contributed by atoms with Crippen molar-refractivity contribution in [1.82, 2.24) is 0 Å². The minimum Gasteiger partial charge on any atom is -0.382 e. The molecule has 0 aliphatic heterocycles. The van der Waals surface area contributed by atoms with Gasteiger partial charge in [0.15, 0.2) is 5.78 Å². The van der Waals surface area contributed by atoms with Gasteiger partial charge >= 0.3 is 0 Å². The summed E-state index contributed by atoms with van der Waals surface area (Å²) >= 11 is 3.08. The predicted molar refractivity (Wildman–Crippen MR) is 46.8 cm³/mol. The second-order valence-electron chi connectivity index (χ2n) is 3.15. The lowest BCUT2D eigenvalue weighted by atomic mass is 9.82. The SMILES string of the molecule is O=C(CBr)C1(O)CCCCC1. The Balaban J connectivity index is 2.56. The first-order chi connectivity index (χ1) is 5.19. The van der Waals surface area contributed by atoms with Gasteiger partial charge in [-0.15, -0.1) is 0 Å². The van der Waals surface area contributed by atoms with Crippen LogP contribution in [0.1, 0.15) is 32.1 Å². The minimum absolute atomic E-state index is 0.0581. The van der Waals surface area contributed by atoms with Crippen molar-refractivity contribution in [3.05, 3.63) is 0 Å². The molecule has 0 unspecified atom stereocenters. The summed E-state index contributed by atoms with van der Waals surface area (Å²) in [5, 5.41) is 10.0. The molecule has 0 aromatic carbocycles. The third-order valence-electron chi connectivity index (χ3n) is 2.32. The lowest BCUT2D eigenvalue weighted by Gasteiger charge is -2.29. The maximum Gasteiger partial charge on any atom is 0.174 e. The Kier molecular flexibility index (Phi) is 3.07. The zero-order chi connectivity index (χ0) is 8.32. The van der Waals surface area contributed by atoms with Crippen LogP contribution in [0.4, 0.5) is 0 Å². The molecule has 0 amide bonds. The summed E-state index contributed by atoms with van der Waals surface area (Å²) in [5.41, 5.74) is -0.998. The zero-order valence-electron chi connectivity index (χ0n) is 6.48. The number of hydrogen-bond acceptors (Lipinski definition) is 2. The highest BCUT2D eigenvalue weighted by atomic mass is 79.9. The second-order valence-corrected chi connectivity index (χ2v) is 3.71. The van der Waals surface area contributed by atoms with Gasteiger partial charge in [-0.2, -0.15) is 0 Å². The Morgan fingerprint density at radius 2 is 1.91 bits per heavy atom. The summed E-state index contributed by atoms with van der Waals surface area (Å²) < 4.78 is 0. The summed E-state index contributed by atoms with van der Waals surface area (Å²) in [6, 6.07) is 0. The molecule has 1 saturated carbocycles. The van der Waals surface area contributed by atoms with Crippen LogP contribution in [0.25, 0.3) is 0 Å². The van der Waals surface area contributed by atoms with Crippen LogP contribution in [0.2, 0.25) is 0 Å². The number of carbonyl (C=O) groups is 1. The zero-order valence-corrected chi connectivity index (χ0v) is 8.06. The molecule has 0 bridgehead atoms. The topological polar surface area (TPSA) is 37.3 Å². The minimum atomic E-state index is -0.998. The molecule has 1 aliphatic rings. The first-order valence-electron chi connectivity index (χ1n) is 4.01. The van der Waals surface area contributed by atoms with E-state index < -0.39 is 5.60 Å². The van der Waals surface area contributed by atoms with Crippen LogP contribution < -0.4 is 0 Å². The number of halogens is 1. The molecule has 2 nitrogen and oxygen atoms in total. The van der Waals surface area contributed by atoms with Crippen LogP contribution >= 0.6 is 15.9 Å². The number of aliphatic hydroxyl groups is 1. The molecule has 0 radical (unpaired) electrons. The Morgan fingerprint density at radius 3 is 2.36 bits per heavy atom. The third-order valence-corrected chi connectivity index (χ3v) is 2.83. The largest absolute Gasteiger partial charge is 0.382 e. The number of carbonyl (C=O) groups excluding carboxylic acids is 1. The predicted octanol–water partition coefficient (Wildman–Crippen LogP) is 1.65. The normalized spacial score (nSPS) is 23.1. The van der Waals surface area contributed by atoms with Crippen LogP contribution in [0.15, 0.2) is 0 Å². The highest BCUT2D eigenvalue weighted by Crippen LogP contribution is 2.29. The first kappa shape index (κ1) is 9.20. The molecule has 0 atom stereocenters. The number of ketones is 1. The number of Topliss-reactive ketones (excluding diaryl/α,β-unsaturated/α-hetero) is 1. The summed E-state index contributed by atoms with van der Waals surface area (Å²) in [7, 11) is 0. The Bertz CT molecular complexity index is 150. The van der Waals surface area contributed by atoms with E-state index in [0.29, 0.717) is 12.8 Å². The van der Waals surface area contributed by atoms with Gasteiger partial charge in [0.25, 0.3) is 0 Å². The number of alkyl halides is 1. The maximum atomic E-state index is 11.2. The molecule has 3 heteroatoms. The number of rotatable bonds is 2. The van der Waals surface area contributed by atoms with E-state index in [2.05, 4.69) is 15.9 Å². The lowest BCUT2D eigenvalue weighted by Crippen LogP contribution is -2.41. The van der Waals surface area contributed by atoms with E-state index in [1.165, 1.54) is 0 Å². The fourth-order valence-corrected chi connectivity index (χ4v) is 2.06. The summed E-state index contributed by atoms with van der Waals surface area (Å²) in [6.07, 6.45) is 4.41. The fourth-order valence-electron chi connectivity index (χ4n) is 1.54. The van der Waals surface area contributed by atoms with Gasteiger partial charge in [-0.05, 0) is 12.8 Å². The summed E-state index contributed by atoms with van der Waals surface area (Å²) in [6.45, 7) is 0. The second kappa shape index (κ2) is 3.68. The average Bonchev–Trinajstić information content (AvgIpc) is 2.04. The molecule has 1 aliphatic carbocycles. The van der Waals surface area contributed by atoms with Gasteiger partial charge in [0.05, 0.1) is 5.33 Å². The highest BCUT2D eigenvalue weighted by Gasteiger charge is 2.35. The van der Waals surface area contributed by atoms with Gasteiger partial charge in [0, 0.05) is 0 Å². The van der Waals surface area contributed by atoms with Crippen LogP contribution in [0.5, 0.6) is 0 Å². The molecule has 0 heterocycles. The van der Waals surface area contributed by atoms with E-state index in [0.717, 1.165) is 19.3 Å². The van der Waals surface area contributed by atoms with E-state index in [1.807, 2.05) is 0 Å². The standard InChI is InChI=1S/C8H13BrO2/c9-6-7(10)8(11)4-2-1-3-5-8/h11H,1-6H2. The Morgan fingerprint density at radius 1 is 1.36 bits per heavy atom. The van der Waals surface area contributed by atoms with Crippen LogP contribution in [0.3, 0.4) is 0 Å². The molecule has 1 rings (SSSR count). The van der Waals surface area contributed by atoms with Crippen molar-refractivity contribution >= 4 is 21.7 Å². The van der Waals surface area contributed by atoms with Crippen LogP contribution in [0, 0.1) is 0 Å². The van der Waals surface area contributed by atoms with Gasteiger partial charge in [0.1, 0.15) is 5.60 Å². The molecular formula is C8H13BrO2. The number of hydrogen-bond donors (Lipinski definition) is 1. The van der Waals surface area contributed by atoms with E-state index in [1.54, 1.807) is 0 Å². The van der Waals surface area contributed by atoms with Gasteiger partial charge in [-0.25, -0.2) is 0 Å². The van der Waals surface area contributed by atoms with Crippen molar-refractivity contribution in [2.75, 3.05) is 5.33 Å². The molecule has 0 aromatic rings. The van der Waals surface area contributed by atoms with Crippen molar-refractivity contribution in [3.8, 4) is 0 Å². The van der Waals surface area contributed by atoms with Gasteiger partial charge in [-0.1, -0.05) is 35.2 Å².